The number of carbonyl (C=O) groups excluding carboxylic acids is 1. The number of methoxy groups -OCH3 is 1. The SMILES string of the molecule is CCOC(=O)/C=C/c1cnc(N)nc1OC. The van der Waals surface area contributed by atoms with Gasteiger partial charge in [0.1, 0.15) is 0 Å². The van der Waals surface area contributed by atoms with Gasteiger partial charge in [-0.15, -0.1) is 0 Å². The Labute approximate surface area is 93.1 Å². The Bertz CT molecular complexity index is 404. The van der Waals surface area contributed by atoms with E-state index in [1.165, 1.54) is 25.5 Å². The summed E-state index contributed by atoms with van der Waals surface area (Å²) >= 11 is 0. The Morgan fingerprint density at radius 3 is 3.00 bits per heavy atom. The lowest BCUT2D eigenvalue weighted by atomic mass is 10.3. The fourth-order valence-electron chi connectivity index (χ4n) is 1.01. The van der Waals surface area contributed by atoms with Crippen molar-refractivity contribution in [3.63, 3.8) is 0 Å². The van der Waals surface area contributed by atoms with Crippen LogP contribution < -0.4 is 10.5 Å². The molecule has 0 saturated carbocycles. The summed E-state index contributed by atoms with van der Waals surface area (Å²) in [5, 5.41) is 0. The summed E-state index contributed by atoms with van der Waals surface area (Å²) in [6.45, 7) is 2.07. The molecule has 0 fully saturated rings. The molecule has 0 aromatic carbocycles. The zero-order valence-electron chi connectivity index (χ0n) is 9.14. The zero-order chi connectivity index (χ0) is 12.0. The van der Waals surface area contributed by atoms with Gasteiger partial charge < -0.3 is 15.2 Å². The number of nitrogens with two attached hydrogens (primary N) is 1. The van der Waals surface area contributed by atoms with Gasteiger partial charge in [-0.25, -0.2) is 9.78 Å². The molecule has 1 rings (SSSR count). The van der Waals surface area contributed by atoms with Crippen LogP contribution in [0.2, 0.25) is 0 Å². The molecule has 2 N–H and O–H groups in total. The molecule has 0 unspecified atom stereocenters. The maximum Gasteiger partial charge on any atom is 0.330 e. The number of hydrogen-bond acceptors (Lipinski definition) is 6. The molecule has 86 valence electrons. The molecule has 0 atom stereocenters. The number of anilines is 1. The third-order valence-electron chi connectivity index (χ3n) is 1.68. The van der Waals surface area contributed by atoms with E-state index in [1.807, 2.05) is 0 Å². The number of aromatic nitrogens is 2. The second-order valence-electron chi connectivity index (χ2n) is 2.78. The quantitative estimate of drug-likeness (QED) is 0.595. The summed E-state index contributed by atoms with van der Waals surface area (Å²) in [5.41, 5.74) is 5.95. The first-order chi connectivity index (χ1) is 7.67. The lowest BCUT2D eigenvalue weighted by molar-refractivity contribution is -0.137. The predicted octanol–water partition coefficient (Wildman–Crippen LogP) is 0.644. The number of rotatable bonds is 4. The van der Waals surface area contributed by atoms with Crippen molar-refractivity contribution >= 4 is 18.0 Å². The number of nitrogens with zero attached hydrogens (tertiary/aromatic N) is 2. The number of nitrogen functional groups attached to an aromatic ring is 1. The van der Waals surface area contributed by atoms with E-state index >= 15 is 0 Å². The Morgan fingerprint density at radius 1 is 1.62 bits per heavy atom. The molecule has 0 amide bonds. The predicted molar refractivity (Wildman–Crippen MR) is 58.7 cm³/mol. The van der Waals surface area contributed by atoms with Crippen molar-refractivity contribution in [2.75, 3.05) is 19.5 Å². The first-order valence-electron chi connectivity index (χ1n) is 4.68. The molecule has 1 aromatic rings. The van der Waals surface area contributed by atoms with E-state index in [9.17, 15) is 4.79 Å². The van der Waals surface area contributed by atoms with Crippen LogP contribution in [0.15, 0.2) is 12.3 Å². The molecule has 1 aromatic heterocycles. The number of hydrogen-bond donors (Lipinski definition) is 1. The van der Waals surface area contributed by atoms with Crippen molar-refractivity contribution in [3.8, 4) is 5.88 Å². The van der Waals surface area contributed by atoms with Crippen molar-refractivity contribution in [3.05, 3.63) is 17.8 Å². The fraction of sp³-hybridized carbons (Fsp3) is 0.300. The third kappa shape index (κ3) is 3.23. The molecule has 0 aliphatic rings. The van der Waals surface area contributed by atoms with Crippen molar-refractivity contribution in [1.82, 2.24) is 9.97 Å². The normalized spacial score (nSPS) is 10.4. The van der Waals surface area contributed by atoms with Crippen molar-refractivity contribution in [1.29, 1.82) is 0 Å². The van der Waals surface area contributed by atoms with Gasteiger partial charge in [0.25, 0.3) is 0 Å². The van der Waals surface area contributed by atoms with Crippen molar-refractivity contribution < 1.29 is 14.3 Å². The maximum atomic E-state index is 11.1. The zero-order valence-corrected chi connectivity index (χ0v) is 9.14. The third-order valence-corrected chi connectivity index (χ3v) is 1.68. The van der Waals surface area contributed by atoms with Crippen LogP contribution in [0.4, 0.5) is 5.95 Å². The largest absolute Gasteiger partial charge is 0.480 e. The second-order valence-corrected chi connectivity index (χ2v) is 2.78. The molecule has 1 heterocycles. The molecule has 0 bridgehead atoms. The minimum Gasteiger partial charge on any atom is -0.480 e. The minimum absolute atomic E-state index is 0.116. The van der Waals surface area contributed by atoms with E-state index in [0.717, 1.165) is 0 Å². The highest BCUT2D eigenvalue weighted by molar-refractivity contribution is 5.87. The van der Waals surface area contributed by atoms with Gasteiger partial charge in [0.2, 0.25) is 11.8 Å². The average molecular weight is 223 g/mol. The van der Waals surface area contributed by atoms with Crippen LogP contribution in [0.1, 0.15) is 12.5 Å². The lowest BCUT2D eigenvalue weighted by Crippen LogP contribution is -2.01. The van der Waals surface area contributed by atoms with Gasteiger partial charge in [0, 0.05) is 12.3 Å². The Balaban J connectivity index is 2.84. The summed E-state index contributed by atoms with van der Waals surface area (Å²) in [6, 6.07) is 0. The molecule has 6 nitrogen and oxygen atoms in total. The average Bonchev–Trinajstić information content (AvgIpc) is 2.27. The molecule has 0 radical (unpaired) electrons. The molecular formula is C10H13N3O3. The summed E-state index contributed by atoms with van der Waals surface area (Å²) in [4.78, 5) is 18.7. The van der Waals surface area contributed by atoms with Gasteiger partial charge in [-0.2, -0.15) is 4.98 Å². The number of esters is 1. The molecule has 16 heavy (non-hydrogen) atoms. The van der Waals surface area contributed by atoms with Crippen LogP contribution in [0.5, 0.6) is 5.88 Å². The van der Waals surface area contributed by atoms with Gasteiger partial charge in [0.15, 0.2) is 0 Å². The topological polar surface area (TPSA) is 87.3 Å². The van der Waals surface area contributed by atoms with Gasteiger partial charge in [0.05, 0.1) is 19.3 Å². The Kier molecular flexibility index (Phi) is 4.26. The highest BCUT2D eigenvalue weighted by atomic mass is 16.5. The summed E-state index contributed by atoms with van der Waals surface area (Å²) in [7, 11) is 1.46. The molecule has 6 heteroatoms. The van der Waals surface area contributed by atoms with Gasteiger partial charge in [-0.1, -0.05) is 0 Å². The van der Waals surface area contributed by atoms with E-state index in [0.29, 0.717) is 18.1 Å². The van der Waals surface area contributed by atoms with Gasteiger partial charge in [-0.05, 0) is 13.0 Å². The number of ether oxygens (including phenoxy) is 2. The number of carbonyl (C=O) groups is 1. The van der Waals surface area contributed by atoms with Crippen LogP contribution in [0.3, 0.4) is 0 Å². The van der Waals surface area contributed by atoms with Gasteiger partial charge >= 0.3 is 5.97 Å². The highest BCUT2D eigenvalue weighted by Crippen LogP contribution is 2.16. The second kappa shape index (κ2) is 5.69. The van der Waals surface area contributed by atoms with Crippen LogP contribution in [-0.4, -0.2) is 29.7 Å². The summed E-state index contributed by atoms with van der Waals surface area (Å²) < 4.78 is 9.71. The fourth-order valence-corrected chi connectivity index (χ4v) is 1.01. The maximum absolute atomic E-state index is 11.1. The standard InChI is InChI=1S/C10H13N3O3/c1-3-16-8(14)5-4-7-6-12-10(11)13-9(7)15-2/h4-6H,3H2,1-2H3,(H2,11,12,13)/b5-4+. The van der Waals surface area contributed by atoms with Crippen molar-refractivity contribution in [2.45, 2.75) is 6.92 Å². The Morgan fingerprint density at radius 2 is 2.38 bits per heavy atom. The van der Waals surface area contributed by atoms with Crippen LogP contribution in [0.25, 0.3) is 6.08 Å². The van der Waals surface area contributed by atoms with Crippen molar-refractivity contribution in [2.24, 2.45) is 0 Å². The van der Waals surface area contributed by atoms with E-state index in [1.54, 1.807) is 6.92 Å². The molecule has 0 saturated heterocycles. The molecule has 0 aliphatic carbocycles. The monoisotopic (exact) mass is 223 g/mol. The Hall–Kier alpha value is -2.11. The van der Waals surface area contributed by atoms with E-state index in [-0.39, 0.29) is 5.95 Å². The lowest BCUT2D eigenvalue weighted by Gasteiger charge is -2.03. The van der Waals surface area contributed by atoms with Crippen LogP contribution in [-0.2, 0) is 9.53 Å². The summed E-state index contributed by atoms with van der Waals surface area (Å²) in [6.07, 6.45) is 4.26. The minimum atomic E-state index is -0.429. The highest BCUT2D eigenvalue weighted by Gasteiger charge is 2.03. The molecular weight excluding hydrogens is 210 g/mol. The van der Waals surface area contributed by atoms with E-state index in [4.69, 9.17) is 15.2 Å². The molecule has 0 aliphatic heterocycles. The van der Waals surface area contributed by atoms with E-state index in [2.05, 4.69) is 9.97 Å². The van der Waals surface area contributed by atoms with Crippen LogP contribution >= 0.6 is 0 Å². The van der Waals surface area contributed by atoms with Gasteiger partial charge in [-0.3, -0.25) is 0 Å². The van der Waals surface area contributed by atoms with Crippen LogP contribution in [0, 0.1) is 0 Å². The smallest absolute Gasteiger partial charge is 0.330 e. The first-order valence-corrected chi connectivity index (χ1v) is 4.68. The van der Waals surface area contributed by atoms with E-state index < -0.39 is 5.97 Å². The summed E-state index contributed by atoms with van der Waals surface area (Å²) in [5.74, 6) is -0.000406. The first kappa shape index (κ1) is 12.0. The molecule has 0 spiro atoms.